The maximum Gasteiger partial charge on any atom is 0.225 e. The summed E-state index contributed by atoms with van der Waals surface area (Å²) < 4.78 is 10.5. The minimum absolute atomic E-state index is 0.215. The third-order valence-corrected chi connectivity index (χ3v) is 1.96. The minimum Gasteiger partial charge on any atom is -0.478 e. The van der Waals surface area contributed by atoms with Gasteiger partial charge in [-0.05, 0) is 18.5 Å². The zero-order valence-corrected chi connectivity index (χ0v) is 7.97. The first kappa shape index (κ1) is 8.72. The maximum absolute atomic E-state index is 5.71. The van der Waals surface area contributed by atoms with Gasteiger partial charge in [-0.2, -0.15) is 4.98 Å². The second-order valence-corrected chi connectivity index (χ2v) is 2.99. The van der Waals surface area contributed by atoms with Gasteiger partial charge >= 0.3 is 0 Å². The summed E-state index contributed by atoms with van der Waals surface area (Å²) in [6, 6.07) is 0. The van der Waals surface area contributed by atoms with Gasteiger partial charge in [-0.1, -0.05) is 0 Å². The largest absolute Gasteiger partial charge is 0.478 e. The number of fused-ring (bicyclic) bond motifs is 1. The molecule has 0 saturated heterocycles. The molecule has 4 nitrogen and oxygen atoms in total. The monoisotopic (exact) mass is 200 g/mol. The molecule has 70 valence electrons. The predicted molar refractivity (Wildman–Crippen MR) is 46.7 cm³/mol. The average molecular weight is 201 g/mol. The summed E-state index contributed by atoms with van der Waals surface area (Å²) in [5, 5.41) is 0.215. The van der Waals surface area contributed by atoms with E-state index in [2.05, 4.69) is 9.97 Å². The quantitative estimate of drug-likeness (QED) is 0.680. The van der Waals surface area contributed by atoms with Crippen LogP contribution < -0.4 is 4.74 Å². The smallest absolute Gasteiger partial charge is 0.225 e. The molecule has 0 unspecified atom stereocenters. The Kier molecular flexibility index (Phi) is 2.33. The van der Waals surface area contributed by atoms with Crippen molar-refractivity contribution in [3.63, 3.8) is 0 Å². The fourth-order valence-corrected chi connectivity index (χ4v) is 1.43. The van der Waals surface area contributed by atoms with E-state index in [1.807, 2.05) is 6.92 Å². The van der Waals surface area contributed by atoms with E-state index in [0.29, 0.717) is 25.7 Å². The normalized spacial score (nSPS) is 14.3. The number of nitrogens with zero attached hydrogens (tertiary/aromatic N) is 2. The Balaban J connectivity index is 2.43. The molecule has 1 aliphatic heterocycles. The van der Waals surface area contributed by atoms with Crippen molar-refractivity contribution in [3.8, 4) is 5.88 Å². The van der Waals surface area contributed by atoms with Gasteiger partial charge in [0.1, 0.15) is 0 Å². The van der Waals surface area contributed by atoms with Crippen molar-refractivity contribution in [2.75, 3.05) is 6.61 Å². The first-order valence-corrected chi connectivity index (χ1v) is 4.45. The molecule has 1 aliphatic rings. The molecular weight excluding hydrogens is 192 g/mol. The average Bonchev–Trinajstić information content (AvgIpc) is 2.52. The van der Waals surface area contributed by atoms with E-state index in [1.54, 1.807) is 0 Å². The van der Waals surface area contributed by atoms with Crippen molar-refractivity contribution in [1.82, 2.24) is 9.97 Å². The second-order valence-electron chi connectivity index (χ2n) is 2.65. The van der Waals surface area contributed by atoms with E-state index >= 15 is 0 Å². The molecule has 0 aromatic carbocycles. The summed E-state index contributed by atoms with van der Waals surface area (Å²) in [5.41, 5.74) is 1.76. The third kappa shape index (κ3) is 1.59. The summed E-state index contributed by atoms with van der Waals surface area (Å²) >= 11 is 5.71. The molecule has 2 rings (SSSR count). The lowest BCUT2D eigenvalue weighted by Crippen LogP contribution is -2.01. The highest BCUT2D eigenvalue weighted by Gasteiger charge is 2.20. The molecule has 1 aromatic rings. The number of rotatable bonds is 2. The lowest BCUT2D eigenvalue weighted by Gasteiger charge is -2.05. The molecule has 1 aromatic heterocycles. The molecular formula is C8H9ClN2O2. The van der Waals surface area contributed by atoms with Crippen LogP contribution in [-0.2, 0) is 18.0 Å². The number of ether oxygens (including phenoxy) is 2. The predicted octanol–water partition coefficient (Wildman–Crippen LogP) is 1.56. The van der Waals surface area contributed by atoms with E-state index in [9.17, 15) is 0 Å². The van der Waals surface area contributed by atoms with E-state index in [0.717, 1.165) is 11.3 Å². The molecule has 0 atom stereocenters. The first-order chi connectivity index (χ1) is 6.31. The van der Waals surface area contributed by atoms with Gasteiger partial charge in [0.25, 0.3) is 0 Å². The fraction of sp³-hybridized carbons (Fsp3) is 0.500. The van der Waals surface area contributed by atoms with E-state index < -0.39 is 0 Å². The highest BCUT2D eigenvalue weighted by Crippen LogP contribution is 2.27. The standard InChI is InChI=1S/C8H9ClN2O2/c1-2-13-7-5-3-12-4-6(5)10-8(9)11-7/h2-4H2,1H3. The van der Waals surface area contributed by atoms with Crippen LogP contribution in [0.5, 0.6) is 5.88 Å². The molecule has 0 spiro atoms. The number of halogens is 1. The van der Waals surface area contributed by atoms with E-state index in [4.69, 9.17) is 21.1 Å². The van der Waals surface area contributed by atoms with Gasteiger partial charge in [0.05, 0.1) is 31.1 Å². The molecule has 0 radical (unpaired) electrons. The third-order valence-electron chi connectivity index (χ3n) is 1.79. The van der Waals surface area contributed by atoms with Crippen LogP contribution in [0.4, 0.5) is 0 Å². The molecule has 0 N–H and O–H groups in total. The highest BCUT2D eigenvalue weighted by molar-refractivity contribution is 6.28. The summed E-state index contributed by atoms with van der Waals surface area (Å²) in [4.78, 5) is 8.03. The van der Waals surface area contributed by atoms with E-state index in [1.165, 1.54) is 0 Å². The van der Waals surface area contributed by atoms with Crippen molar-refractivity contribution in [2.45, 2.75) is 20.1 Å². The van der Waals surface area contributed by atoms with Gasteiger partial charge in [0, 0.05) is 0 Å². The molecule has 5 heteroatoms. The number of hydrogen-bond donors (Lipinski definition) is 0. The molecule has 2 heterocycles. The van der Waals surface area contributed by atoms with Crippen LogP contribution in [-0.4, -0.2) is 16.6 Å². The Morgan fingerprint density at radius 1 is 1.46 bits per heavy atom. The van der Waals surface area contributed by atoms with Crippen molar-refractivity contribution in [3.05, 3.63) is 16.5 Å². The zero-order chi connectivity index (χ0) is 9.26. The molecule has 0 bridgehead atoms. The summed E-state index contributed by atoms with van der Waals surface area (Å²) in [5.74, 6) is 0.551. The van der Waals surface area contributed by atoms with Crippen LogP contribution in [0.25, 0.3) is 0 Å². The summed E-state index contributed by atoms with van der Waals surface area (Å²) in [6.45, 7) is 3.48. The molecule has 0 aliphatic carbocycles. The van der Waals surface area contributed by atoms with Crippen LogP contribution in [0.1, 0.15) is 18.2 Å². The Hall–Kier alpha value is -0.870. The van der Waals surface area contributed by atoms with Crippen LogP contribution in [0.3, 0.4) is 0 Å². The Morgan fingerprint density at radius 2 is 2.31 bits per heavy atom. The van der Waals surface area contributed by atoms with E-state index in [-0.39, 0.29) is 5.28 Å². The topological polar surface area (TPSA) is 44.2 Å². The second kappa shape index (κ2) is 3.47. The molecule has 0 amide bonds. The minimum atomic E-state index is 0.215. The zero-order valence-electron chi connectivity index (χ0n) is 7.21. The van der Waals surface area contributed by atoms with Gasteiger partial charge in [0.2, 0.25) is 11.2 Å². The van der Waals surface area contributed by atoms with Crippen LogP contribution >= 0.6 is 11.6 Å². The Labute approximate surface area is 80.9 Å². The maximum atomic E-state index is 5.71. The fourth-order valence-electron chi connectivity index (χ4n) is 1.25. The van der Waals surface area contributed by atoms with Gasteiger partial charge in [-0.15, -0.1) is 0 Å². The van der Waals surface area contributed by atoms with Crippen molar-refractivity contribution in [2.24, 2.45) is 0 Å². The van der Waals surface area contributed by atoms with Gasteiger partial charge in [0.15, 0.2) is 0 Å². The molecule has 0 fully saturated rings. The molecule has 0 saturated carbocycles. The SMILES string of the molecule is CCOc1nc(Cl)nc2c1COC2. The Morgan fingerprint density at radius 3 is 3.08 bits per heavy atom. The van der Waals surface area contributed by atoms with Crippen molar-refractivity contribution >= 4 is 11.6 Å². The number of hydrogen-bond acceptors (Lipinski definition) is 4. The highest BCUT2D eigenvalue weighted by atomic mass is 35.5. The Bertz CT molecular complexity index is 330. The summed E-state index contributed by atoms with van der Waals surface area (Å²) in [6.07, 6.45) is 0. The first-order valence-electron chi connectivity index (χ1n) is 4.07. The van der Waals surface area contributed by atoms with Crippen LogP contribution in [0, 0.1) is 0 Å². The van der Waals surface area contributed by atoms with Crippen molar-refractivity contribution in [1.29, 1.82) is 0 Å². The molecule has 13 heavy (non-hydrogen) atoms. The van der Waals surface area contributed by atoms with Gasteiger partial charge in [-0.3, -0.25) is 0 Å². The summed E-state index contributed by atoms with van der Waals surface area (Å²) in [7, 11) is 0. The van der Waals surface area contributed by atoms with Gasteiger partial charge < -0.3 is 9.47 Å². The van der Waals surface area contributed by atoms with Gasteiger partial charge in [-0.25, -0.2) is 4.98 Å². The van der Waals surface area contributed by atoms with Crippen molar-refractivity contribution < 1.29 is 9.47 Å². The number of aromatic nitrogens is 2. The van der Waals surface area contributed by atoms with Crippen LogP contribution in [0.2, 0.25) is 5.28 Å². The lowest BCUT2D eigenvalue weighted by molar-refractivity contribution is 0.131. The lowest BCUT2D eigenvalue weighted by atomic mass is 10.3. The van der Waals surface area contributed by atoms with Crippen LogP contribution in [0.15, 0.2) is 0 Å².